The Morgan fingerprint density at radius 1 is 1.26 bits per heavy atom. The van der Waals surface area contributed by atoms with Crippen molar-refractivity contribution in [2.24, 2.45) is 0 Å². The first-order valence-electron chi connectivity index (χ1n) is 5.54. The lowest BCUT2D eigenvalue weighted by atomic mass is 9.98. The molecule has 0 heterocycles. The van der Waals surface area contributed by atoms with Crippen molar-refractivity contribution < 1.29 is 13.9 Å². The van der Waals surface area contributed by atoms with Gasteiger partial charge in [0, 0.05) is 11.1 Å². The fourth-order valence-corrected chi connectivity index (χ4v) is 1.72. The van der Waals surface area contributed by atoms with E-state index in [4.69, 9.17) is 10.00 Å². The summed E-state index contributed by atoms with van der Waals surface area (Å²) in [4.78, 5) is 12.3. The average molecular weight is 255 g/mol. The molecular weight excluding hydrogens is 245 g/mol. The van der Waals surface area contributed by atoms with E-state index in [0.29, 0.717) is 5.75 Å². The molecule has 0 radical (unpaired) electrons. The molecule has 0 spiro atoms. The van der Waals surface area contributed by atoms with Gasteiger partial charge in [-0.15, -0.1) is 0 Å². The predicted octanol–water partition coefficient (Wildman–Crippen LogP) is 2.94. The van der Waals surface area contributed by atoms with Crippen LogP contribution in [-0.2, 0) is 0 Å². The normalized spacial score (nSPS) is 9.74. The highest BCUT2D eigenvalue weighted by Gasteiger charge is 2.15. The second kappa shape index (κ2) is 5.32. The molecule has 3 nitrogen and oxygen atoms in total. The summed E-state index contributed by atoms with van der Waals surface area (Å²) in [6, 6.07) is 11.9. The lowest BCUT2D eigenvalue weighted by Gasteiger charge is -2.06. The molecule has 2 aromatic carbocycles. The Hall–Kier alpha value is -2.67. The van der Waals surface area contributed by atoms with Gasteiger partial charge in [0.15, 0.2) is 5.78 Å². The SMILES string of the molecule is COc1ccc(C#N)c(C(=O)c2cccc(F)c2)c1. The summed E-state index contributed by atoms with van der Waals surface area (Å²) in [5, 5.41) is 9.02. The first-order chi connectivity index (χ1) is 9.15. The molecule has 0 amide bonds. The van der Waals surface area contributed by atoms with Crippen LogP contribution in [0.25, 0.3) is 0 Å². The van der Waals surface area contributed by atoms with Crippen molar-refractivity contribution in [2.75, 3.05) is 7.11 Å². The first-order valence-corrected chi connectivity index (χ1v) is 5.54. The van der Waals surface area contributed by atoms with Crippen molar-refractivity contribution in [1.29, 1.82) is 5.26 Å². The molecule has 2 aromatic rings. The molecule has 19 heavy (non-hydrogen) atoms. The van der Waals surface area contributed by atoms with E-state index in [1.807, 2.05) is 6.07 Å². The second-order valence-electron chi connectivity index (χ2n) is 3.86. The molecule has 0 aliphatic rings. The lowest BCUT2D eigenvalue weighted by molar-refractivity contribution is 0.103. The Morgan fingerprint density at radius 3 is 2.68 bits per heavy atom. The van der Waals surface area contributed by atoms with E-state index in [0.717, 1.165) is 6.07 Å². The van der Waals surface area contributed by atoms with Gasteiger partial charge in [-0.1, -0.05) is 12.1 Å². The monoisotopic (exact) mass is 255 g/mol. The average Bonchev–Trinajstić information content (AvgIpc) is 2.45. The summed E-state index contributed by atoms with van der Waals surface area (Å²) < 4.78 is 18.2. The van der Waals surface area contributed by atoms with Crippen molar-refractivity contribution in [2.45, 2.75) is 0 Å². The summed E-state index contributed by atoms with van der Waals surface area (Å²) in [5.41, 5.74) is 0.632. The molecule has 0 aliphatic carbocycles. The number of rotatable bonds is 3. The molecule has 0 bridgehead atoms. The van der Waals surface area contributed by atoms with Crippen LogP contribution in [0.4, 0.5) is 4.39 Å². The Kier molecular flexibility index (Phi) is 3.58. The number of ether oxygens (including phenoxy) is 1. The van der Waals surface area contributed by atoms with Gasteiger partial charge in [-0.05, 0) is 30.3 Å². The maximum Gasteiger partial charge on any atom is 0.194 e. The van der Waals surface area contributed by atoms with E-state index in [1.165, 1.54) is 37.4 Å². The van der Waals surface area contributed by atoms with Crippen LogP contribution < -0.4 is 4.74 Å². The molecule has 4 heteroatoms. The highest BCUT2D eigenvalue weighted by atomic mass is 19.1. The Balaban J connectivity index is 2.52. The smallest absolute Gasteiger partial charge is 0.194 e. The van der Waals surface area contributed by atoms with Gasteiger partial charge in [-0.2, -0.15) is 5.26 Å². The third-order valence-electron chi connectivity index (χ3n) is 2.68. The number of carbonyl (C=O) groups is 1. The number of nitrogens with zero attached hydrogens (tertiary/aromatic N) is 1. The minimum Gasteiger partial charge on any atom is -0.497 e. The summed E-state index contributed by atoms with van der Waals surface area (Å²) in [7, 11) is 1.47. The highest BCUT2D eigenvalue weighted by molar-refractivity contribution is 6.10. The van der Waals surface area contributed by atoms with Gasteiger partial charge >= 0.3 is 0 Å². The zero-order valence-electron chi connectivity index (χ0n) is 10.2. The predicted molar refractivity (Wildman–Crippen MR) is 67.5 cm³/mol. The lowest BCUT2D eigenvalue weighted by Crippen LogP contribution is -2.05. The number of hydrogen-bond acceptors (Lipinski definition) is 3. The van der Waals surface area contributed by atoms with Crippen LogP contribution in [0, 0.1) is 17.1 Å². The molecule has 0 saturated heterocycles. The molecule has 94 valence electrons. The minimum absolute atomic E-state index is 0.199. The summed E-state index contributed by atoms with van der Waals surface area (Å²) >= 11 is 0. The van der Waals surface area contributed by atoms with Gasteiger partial charge in [0.25, 0.3) is 0 Å². The van der Waals surface area contributed by atoms with Crippen molar-refractivity contribution >= 4 is 5.78 Å². The zero-order valence-corrected chi connectivity index (χ0v) is 10.2. The second-order valence-corrected chi connectivity index (χ2v) is 3.86. The van der Waals surface area contributed by atoms with Gasteiger partial charge in [-0.3, -0.25) is 4.79 Å². The molecule has 0 atom stereocenters. The van der Waals surface area contributed by atoms with Crippen LogP contribution >= 0.6 is 0 Å². The minimum atomic E-state index is -0.493. The molecule has 0 aromatic heterocycles. The van der Waals surface area contributed by atoms with Crippen LogP contribution in [0.5, 0.6) is 5.75 Å². The van der Waals surface area contributed by atoms with Crippen molar-refractivity contribution in [3.05, 3.63) is 65.0 Å². The van der Waals surface area contributed by atoms with Crippen molar-refractivity contribution in [1.82, 2.24) is 0 Å². The Morgan fingerprint density at radius 2 is 2.05 bits per heavy atom. The number of carbonyl (C=O) groups excluding carboxylic acids is 1. The molecule has 0 unspecified atom stereocenters. The fourth-order valence-electron chi connectivity index (χ4n) is 1.72. The summed E-state index contributed by atoms with van der Waals surface area (Å²) in [6.07, 6.45) is 0. The van der Waals surface area contributed by atoms with Gasteiger partial charge in [0.1, 0.15) is 11.6 Å². The van der Waals surface area contributed by atoms with E-state index in [1.54, 1.807) is 6.07 Å². The maximum absolute atomic E-state index is 13.1. The Bertz CT molecular complexity index is 674. The third kappa shape index (κ3) is 2.61. The van der Waals surface area contributed by atoms with Crippen LogP contribution in [0.2, 0.25) is 0 Å². The zero-order chi connectivity index (χ0) is 13.8. The maximum atomic E-state index is 13.1. The van der Waals surface area contributed by atoms with E-state index in [9.17, 15) is 9.18 Å². The molecule has 2 rings (SSSR count). The van der Waals surface area contributed by atoms with Gasteiger partial charge in [0.05, 0.1) is 18.7 Å². The first kappa shape index (κ1) is 12.8. The molecule has 0 N–H and O–H groups in total. The highest BCUT2D eigenvalue weighted by Crippen LogP contribution is 2.20. The number of methoxy groups -OCH3 is 1. The van der Waals surface area contributed by atoms with Crippen molar-refractivity contribution in [3.63, 3.8) is 0 Å². The molecule has 0 aliphatic heterocycles. The molecular formula is C15H10FNO2. The number of nitriles is 1. The van der Waals surface area contributed by atoms with Gasteiger partial charge in [-0.25, -0.2) is 4.39 Å². The van der Waals surface area contributed by atoms with Crippen LogP contribution in [0.1, 0.15) is 21.5 Å². The Labute approximate surface area is 109 Å². The molecule has 0 saturated carbocycles. The number of halogens is 1. The summed E-state index contributed by atoms with van der Waals surface area (Å²) in [5.74, 6) is -0.430. The number of benzene rings is 2. The number of ketones is 1. The standard InChI is InChI=1S/C15H10FNO2/c1-19-13-6-5-11(9-17)14(8-13)15(18)10-3-2-4-12(16)7-10/h2-8H,1H3. The van der Waals surface area contributed by atoms with E-state index in [-0.39, 0.29) is 16.7 Å². The van der Waals surface area contributed by atoms with Gasteiger partial charge < -0.3 is 4.74 Å². The van der Waals surface area contributed by atoms with Crippen LogP contribution in [0.15, 0.2) is 42.5 Å². The van der Waals surface area contributed by atoms with E-state index >= 15 is 0 Å². The topological polar surface area (TPSA) is 50.1 Å². The van der Waals surface area contributed by atoms with Crippen LogP contribution in [-0.4, -0.2) is 12.9 Å². The largest absolute Gasteiger partial charge is 0.497 e. The summed E-state index contributed by atoms with van der Waals surface area (Å²) in [6.45, 7) is 0. The third-order valence-corrected chi connectivity index (χ3v) is 2.68. The van der Waals surface area contributed by atoms with Crippen LogP contribution in [0.3, 0.4) is 0 Å². The van der Waals surface area contributed by atoms with E-state index in [2.05, 4.69) is 0 Å². The van der Waals surface area contributed by atoms with E-state index < -0.39 is 11.6 Å². The molecule has 0 fully saturated rings. The van der Waals surface area contributed by atoms with Gasteiger partial charge in [0.2, 0.25) is 0 Å². The van der Waals surface area contributed by atoms with Crippen molar-refractivity contribution in [3.8, 4) is 11.8 Å². The quantitative estimate of drug-likeness (QED) is 0.792. The fraction of sp³-hybridized carbons (Fsp3) is 0.0667. The number of hydrogen-bond donors (Lipinski definition) is 0.